The van der Waals surface area contributed by atoms with Gasteiger partial charge in [0.15, 0.2) is 0 Å². The number of likely N-dealkylation sites (tertiary alicyclic amines) is 1. The average Bonchev–Trinajstić information content (AvgIpc) is 3.07. The van der Waals surface area contributed by atoms with Gasteiger partial charge in [-0.25, -0.2) is 0 Å². The van der Waals surface area contributed by atoms with Crippen molar-refractivity contribution in [3.63, 3.8) is 0 Å². The Bertz CT molecular complexity index is 558. The van der Waals surface area contributed by atoms with Gasteiger partial charge in [0.2, 0.25) is 5.91 Å². The molecule has 0 N–H and O–H groups in total. The van der Waals surface area contributed by atoms with Crippen molar-refractivity contribution in [3.8, 4) is 0 Å². The first-order valence-corrected chi connectivity index (χ1v) is 9.48. The van der Waals surface area contributed by atoms with Crippen molar-refractivity contribution in [1.82, 2.24) is 9.80 Å². The second-order valence-electron chi connectivity index (χ2n) is 7.47. The van der Waals surface area contributed by atoms with Crippen LogP contribution in [0.1, 0.15) is 30.4 Å². The predicted molar refractivity (Wildman–Crippen MR) is 94.0 cm³/mol. The van der Waals surface area contributed by atoms with E-state index in [2.05, 4.69) is 34.1 Å². The lowest BCUT2D eigenvalue weighted by Gasteiger charge is -2.40. The summed E-state index contributed by atoms with van der Waals surface area (Å²) >= 11 is 0. The molecule has 2 saturated heterocycles. The minimum absolute atomic E-state index is 0.160. The Morgan fingerprint density at radius 2 is 1.75 bits per heavy atom. The molecule has 1 atom stereocenters. The standard InChI is InChI=1S/C20H28N2O2/c23-20(18-13-16-5-1-2-6-17(16)14-18)22-8-4-3-7-19(22)15-21-9-11-24-12-10-21/h1-2,5-6,18-19H,3-4,7-15H2/t19-/m1/s1. The fraction of sp³-hybridized carbons (Fsp3) is 0.650. The Morgan fingerprint density at radius 1 is 1.04 bits per heavy atom. The average molecular weight is 328 g/mol. The maximum absolute atomic E-state index is 13.2. The number of carbonyl (C=O) groups excluding carboxylic acids is 1. The van der Waals surface area contributed by atoms with E-state index in [0.29, 0.717) is 11.9 Å². The molecule has 0 saturated carbocycles. The highest BCUT2D eigenvalue weighted by Gasteiger charge is 2.35. The number of hydrogen-bond donors (Lipinski definition) is 0. The highest BCUT2D eigenvalue weighted by atomic mass is 16.5. The molecule has 4 rings (SSSR count). The van der Waals surface area contributed by atoms with Crippen molar-refractivity contribution in [2.75, 3.05) is 39.4 Å². The van der Waals surface area contributed by atoms with Gasteiger partial charge in [0.05, 0.1) is 13.2 Å². The Morgan fingerprint density at radius 3 is 2.46 bits per heavy atom. The van der Waals surface area contributed by atoms with Crippen molar-refractivity contribution in [2.45, 2.75) is 38.1 Å². The van der Waals surface area contributed by atoms with Crippen LogP contribution in [-0.4, -0.2) is 61.1 Å². The highest BCUT2D eigenvalue weighted by molar-refractivity contribution is 5.81. The first-order chi connectivity index (χ1) is 11.8. The van der Waals surface area contributed by atoms with Crippen molar-refractivity contribution >= 4 is 5.91 Å². The van der Waals surface area contributed by atoms with E-state index < -0.39 is 0 Å². The summed E-state index contributed by atoms with van der Waals surface area (Å²) in [5.74, 6) is 0.553. The fourth-order valence-corrected chi connectivity index (χ4v) is 4.53. The summed E-state index contributed by atoms with van der Waals surface area (Å²) in [6.07, 6.45) is 5.42. The van der Waals surface area contributed by atoms with E-state index in [9.17, 15) is 4.79 Å². The lowest BCUT2D eigenvalue weighted by atomic mass is 9.97. The highest BCUT2D eigenvalue weighted by Crippen LogP contribution is 2.30. The molecule has 1 aromatic rings. The van der Waals surface area contributed by atoms with E-state index in [1.807, 2.05) is 0 Å². The molecule has 4 nitrogen and oxygen atoms in total. The van der Waals surface area contributed by atoms with Gasteiger partial charge in [-0.05, 0) is 43.2 Å². The Kier molecular flexibility index (Phi) is 4.86. The molecule has 1 amide bonds. The van der Waals surface area contributed by atoms with Gasteiger partial charge in [-0.3, -0.25) is 9.69 Å². The number of morpholine rings is 1. The molecule has 0 radical (unpaired) electrons. The molecule has 2 heterocycles. The maximum Gasteiger partial charge on any atom is 0.226 e. The van der Waals surface area contributed by atoms with E-state index >= 15 is 0 Å². The number of nitrogens with zero attached hydrogens (tertiary/aromatic N) is 2. The molecular weight excluding hydrogens is 300 g/mol. The van der Waals surface area contributed by atoms with Crippen molar-refractivity contribution in [3.05, 3.63) is 35.4 Å². The summed E-state index contributed by atoms with van der Waals surface area (Å²) in [5, 5.41) is 0. The largest absolute Gasteiger partial charge is 0.379 e. The number of amides is 1. The van der Waals surface area contributed by atoms with Crippen molar-refractivity contribution in [2.24, 2.45) is 5.92 Å². The number of ether oxygens (including phenoxy) is 1. The molecule has 0 aromatic heterocycles. The minimum Gasteiger partial charge on any atom is -0.379 e. The van der Waals surface area contributed by atoms with Gasteiger partial charge in [0.1, 0.15) is 0 Å². The molecule has 2 fully saturated rings. The number of piperidine rings is 1. The fourth-order valence-electron chi connectivity index (χ4n) is 4.53. The first-order valence-electron chi connectivity index (χ1n) is 9.48. The summed E-state index contributed by atoms with van der Waals surface area (Å²) in [4.78, 5) is 17.9. The van der Waals surface area contributed by atoms with Gasteiger partial charge in [0, 0.05) is 38.1 Å². The minimum atomic E-state index is 0.160. The van der Waals surface area contributed by atoms with Gasteiger partial charge in [-0.15, -0.1) is 0 Å². The molecule has 24 heavy (non-hydrogen) atoms. The number of benzene rings is 1. The molecule has 1 aromatic carbocycles. The van der Waals surface area contributed by atoms with Crippen LogP contribution < -0.4 is 0 Å². The van der Waals surface area contributed by atoms with Crippen LogP contribution in [0.2, 0.25) is 0 Å². The van der Waals surface area contributed by atoms with Gasteiger partial charge in [-0.2, -0.15) is 0 Å². The molecule has 2 aliphatic heterocycles. The van der Waals surface area contributed by atoms with Gasteiger partial charge in [0.25, 0.3) is 0 Å². The smallest absolute Gasteiger partial charge is 0.226 e. The monoisotopic (exact) mass is 328 g/mol. The number of hydrogen-bond acceptors (Lipinski definition) is 3. The Labute approximate surface area is 144 Å². The summed E-state index contributed by atoms with van der Waals surface area (Å²) in [6.45, 7) is 5.65. The molecule has 4 heteroatoms. The number of rotatable bonds is 3. The van der Waals surface area contributed by atoms with Crippen LogP contribution in [0.4, 0.5) is 0 Å². The van der Waals surface area contributed by atoms with Crippen LogP contribution in [0.15, 0.2) is 24.3 Å². The quantitative estimate of drug-likeness (QED) is 0.852. The molecule has 1 aliphatic carbocycles. The van der Waals surface area contributed by atoms with Crippen LogP contribution in [0.3, 0.4) is 0 Å². The topological polar surface area (TPSA) is 32.8 Å². The summed E-state index contributed by atoms with van der Waals surface area (Å²) in [5.41, 5.74) is 2.75. The Balaban J connectivity index is 1.42. The lowest BCUT2D eigenvalue weighted by Crippen LogP contribution is -2.52. The predicted octanol–water partition coefficient (Wildman–Crippen LogP) is 2.11. The van der Waals surface area contributed by atoms with Crippen LogP contribution in [-0.2, 0) is 22.4 Å². The van der Waals surface area contributed by atoms with Crippen LogP contribution in [0.5, 0.6) is 0 Å². The van der Waals surface area contributed by atoms with Crippen molar-refractivity contribution in [1.29, 1.82) is 0 Å². The SMILES string of the molecule is O=C(C1Cc2ccccc2C1)N1CCCC[C@@H]1CN1CCOCC1. The van der Waals surface area contributed by atoms with Crippen LogP contribution >= 0.6 is 0 Å². The second kappa shape index (κ2) is 7.24. The zero-order valence-corrected chi connectivity index (χ0v) is 14.5. The second-order valence-corrected chi connectivity index (χ2v) is 7.47. The zero-order chi connectivity index (χ0) is 16.4. The van der Waals surface area contributed by atoms with Gasteiger partial charge >= 0.3 is 0 Å². The zero-order valence-electron chi connectivity index (χ0n) is 14.5. The normalized spacial score (nSPS) is 25.7. The first kappa shape index (κ1) is 16.1. The van der Waals surface area contributed by atoms with Crippen molar-refractivity contribution < 1.29 is 9.53 Å². The molecule has 0 bridgehead atoms. The third-order valence-electron chi connectivity index (χ3n) is 5.88. The number of fused-ring (bicyclic) bond motifs is 1. The summed E-state index contributed by atoms with van der Waals surface area (Å²) < 4.78 is 5.46. The third kappa shape index (κ3) is 3.35. The molecule has 130 valence electrons. The molecule has 3 aliphatic rings. The summed E-state index contributed by atoms with van der Waals surface area (Å²) in [7, 11) is 0. The molecule has 0 unspecified atom stereocenters. The van der Waals surface area contributed by atoms with Gasteiger partial charge in [-0.1, -0.05) is 24.3 Å². The van der Waals surface area contributed by atoms with E-state index in [0.717, 1.165) is 65.1 Å². The number of carbonyl (C=O) groups is 1. The van der Waals surface area contributed by atoms with Crippen LogP contribution in [0, 0.1) is 5.92 Å². The van der Waals surface area contributed by atoms with E-state index in [1.165, 1.54) is 17.5 Å². The van der Waals surface area contributed by atoms with E-state index in [1.54, 1.807) is 0 Å². The van der Waals surface area contributed by atoms with Crippen LogP contribution in [0.25, 0.3) is 0 Å². The third-order valence-corrected chi connectivity index (χ3v) is 5.88. The molecular formula is C20H28N2O2. The summed E-state index contributed by atoms with van der Waals surface area (Å²) in [6, 6.07) is 8.95. The van der Waals surface area contributed by atoms with E-state index in [4.69, 9.17) is 4.74 Å². The lowest BCUT2D eigenvalue weighted by molar-refractivity contribution is -0.139. The maximum atomic E-state index is 13.2. The molecule has 0 spiro atoms. The van der Waals surface area contributed by atoms with E-state index in [-0.39, 0.29) is 5.92 Å². The Hall–Kier alpha value is -1.39. The van der Waals surface area contributed by atoms with Gasteiger partial charge < -0.3 is 9.64 Å².